The van der Waals surface area contributed by atoms with Gasteiger partial charge in [0.05, 0.1) is 5.41 Å². The van der Waals surface area contributed by atoms with E-state index >= 15 is 0 Å². The number of ether oxygens (including phenoxy) is 1. The van der Waals surface area contributed by atoms with Gasteiger partial charge in [0.2, 0.25) is 11.8 Å². The molecule has 0 saturated carbocycles. The number of esters is 1. The van der Waals surface area contributed by atoms with Crippen LogP contribution in [0.2, 0.25) is 0 Å². The van der Waals surface area contributed by atoms with Gasteiger partial charge in [-0.1, -0.05) is 19.6 Å². The molecule has 0 saturated heterocycles. The summed E-state index contributed by atoms with van der Waals surface area (Å²) in [5.74, 6) is -0.735. The summed E-state index contributed by atoms with van der Waals surface area (Å²) in [5.41, 5.74) is 9.94. The van der Waals surface area contributed by atoms with Crippen molar-refractivity contribution in [3.8, 4) is 0 Å². The van der Waals surface area contributed by atoms with Crippen LogP contribution in [0.25, 0.3) is 0 Å². The molecule has 5 N–H and O–H groups in total. The molecule has 0 aliphatic rings. The molecule has 174 valence electrons. The van der Waals surface area contributed by atoms with Crippen molar-refractivity contribution in [1.82, 2.24) is 10.2 Å². The number of nitrogens with zero attached hydrogens (tertiary/aromatic N) is 1. The normalized spacial score (nSPS) is 12.8. The van der Waals surface area contributed by atoms with Crippen LogP contribution in [-0.2, 0) is 19.1 Å². The van der Waals surface area contributed by atoms with E-state index in [-0.39, 0.29) is 36.7 Å². The molecular formula is C22H42N4O4. The number of hydrogen-bond donors (Lipinski definition) is 3. The van der Waals surface area contributed by atoms with Crippen LogP contribution in [0.1, 0.15) is 60.3 Å². The molecule has 1 atom stereocenters. The van der Waals surface area contributed by atoms with Gasteiger partial charge in [0, 0.05) is 44.1 Å². The fraction of sp³-hybridized carbons (Fsp3) is 0.773. The summed E-state index contributed by atoms with van der Waals surface area (Å²) in [7, 11) is 0. The van der Waals surface area contributed by atoms with Crippen molar-refractivity contribution in [2.75, 3.05) is 32.8 Å². The first-order valence-electron chi connectivity index (χ1n) is 10.7. The molecule has 0 heterocycles. The van der Waals surface area contributed by atoms with Gasteiger partial charge in [-0.15, -0.1) is 0 Å². The number of nitrogens with two attached hydrogens (primary N) is 2. The van der Waals surface area contributed by atoms with Crippen LogP contribution in [0.4, 0.5) is 0 Å². The van der Waals surface area contributed by atoms with Crippen LogP contribution in [0.3, 0.4) is 0 Å². The van der Waals surface area contributed by atoms with Crippen LogP contribution in [-0.4, -0.2) is 61.0 Å². The molecule has 0 aliphatic carbocycles. The molecular weight excluding hydrogens is 384 g/mol. The average Bonchev–Trinajstić information content (AvgIpc) is 2.67. The van der Waals surface area contributed by atoms with Crippen molar-refractivity contribution >= 4 is 17.8 Å². The smallest absolute Gasteiger partial charge is 0.311 e. The summed E-state index contributed by atoms with van der Waals surface area (Å²) < 4.78 is 5.15. The summed E-state index contributed by atoms with van der Waals surface area (Å²) in [6.45, 7) is 14.8. The maximum Gasteiger partial charge on any atom is 0.311 e. The van der Waals surface area contributed by atoms with Crippen molar-refractivity contribution < 1.29 is 19.1 Å². The zero-order chi connectivity index (χ0) is 23.4. The predicted molar refractivity (Wildman–Crippen MR) is 119 cm³/mol. The molecule has 0 aliphatic heterocycles. The van der Waals surface area contributed by atoms with Crippen LogP contribution in [0.15, 0.2) is 12.7 Å². The lowest BCUT2D eigenvalue weighted by atomic mass is 9.82. The monoisotopic (exact) mass is 426 g/mol. The third-order valence-electron chi connectivity index (χ3n) is 5.11. The summed E-state index contributed by atoms with van der Waals surface area (Å²) in [4.78, 5) is 38.7. The molecule has 0 rings (SSSR count). The SMILES string of the molecule is C=CCOC(=O)C(C)(C)CCC(C)(C)NC(=O)[C@@H](C)CCC(=O)N(CCN)CCN. The van der Waals surface area contributed by atoms with Gasteiger partial charge < -0.3 is 26.4 Å². The van der Waals surface area contributed by atoms with Crippen molar-refractivity contribution in [3.63, 3.8) is 0 Å². The number of amides is 2. The third kappa shape index (κ3) is 10.7. The molecule has 0 bridgehead atoms. The topological polar surface area (TPSA) is 128 Å². The summed E-state index contributed by atoms with van der Waals surface area (Å²) in [5, 5.41) is 3.04. The Morgan fingerprint density at radius 1 is 1.10 bits per heavy atom. The van der Waals surface area contributed by atoms with Gasteiger partial charge >= 0.3 is 5.97 Å². The lowest BCUT2D eigenvalue weighted by Crippen LogP contribution is -2.47. The first-order chi connectivity index (χ1) is 13.9. The van der Waals surface area contributed by atoms with Gasteiger partial charge in [-0.2, -0.15) is 0 Å². The number of rotatable bonds is 15. The minimum absolute atomic E-state index is 0.0374. The quantitative estimate of drug-likeness (QED) is 0.269. The van der Waals surface area contributed by atoms with E-state index in [2.05, 4.69) is 11.9 Å². The minimum atomic E-state index is -0.654. The number of carbonyl (C=O) groups excluding carboxylic acids is 3. The van der Waals surface area contributed by atoms with E-state index in [9.17, 15) is 14.4 Å². The van der Waals surface area contributed by atoms with Crippen LogP contribution in [0.5, 0.6) is 0 Å². The molecule has 2 amide bonds. The largest absolute Gasteiger partial charge is 0.461 e. The number of carbonyl (C=O) groups is 3. The molecule has 0 radical (unpaired) electrons. The highest BCUT2D eigenvalue weighted by Crippen LogP contribution is 2.28. The van der Waals surface area contributed by atoms with Crippen LogP contribution in [0, 0.1) is 11.3 Å². The third-order valence-corrected chi connectivity index (χ3v) is 5.11. The first kappa shape index (κ1) is 28.1. The van der Waals surface area contributed by atoms with Crippen LogP contribution >= 0.6 is 0 Å². The predicted octanol–water partition coefficient (Wildman–Crippen LogP) is 1.58. The van der Waals surface area contributed by atoms with Crippen molar-refractivity contribution in [2.24, 2.45) is 22.8 Å². The molecule has 0 aromatic carbocycles. The van der Waals surface area contributed by atoms with Gasteiger partial charge in [0.15, 0.2) is 0 Å². The van der Waals surface area contributed by atoms with E-state index in [0.717, 1.165) is 0 Å². The highest BCUT2D eigenvalue weighted by atomic mass is 16.5. The molecule has 0 aromatic heterocycles. The van der Waals surface area contributed by atoms with E-state index < -0.39 is 11.0 Å². The fourth-order valence-electron chi connectivity index (χ4n) is 2.88. The molecule has 8 nitrogen and oxygen atoms in total. The zero-order valence-electron chi connectivity index (χ0n) is 19.5. The van der Waals surface area contributed by atoms with Gasteiger partial charge in [0.25, 0.3) is 0 Å². The second kappa shape index (κ2) is 13.4. The number of hydrogen-bond acceptors (Lipinski definition) is 6. The van der Waals surface area contributed by atoms with Crippen LogP contribution < -0.4 is 16.8 Å². The molecule has 0 spiro atoms. The second-order valence-corrected chi connectivity index (χ2v) is 9.04. The van der Waals surface area contributed by atoms with E-state index in [1.54, 1.807) is 4.90 Å². The second-order valence-electron chi connectivity index (χ2n) is 9.04. The molecule has 0 aromatic rings. The van der Waals surface area contributed by atoms with Crippen molar-refractivity contribution in [3.05, 3.63) is 12.7 Å². The maximum absolute atomic E-state index is 12.6. The van der Waals surface area contributed by atoms with Gasteiger partial charge in [-0.3, -0.25) is 14.4 Å². The highest BCUT2D eigenvalue weighted by molar-refractivity contribution is 5.81. The maximum atomic E-state index is 12.6. The summed E-state index contributed by atoms with van der Waals surface area (Å²) in [6.07, 6.45) is 3.44. The molecule has 30 heavy (non-hydrogen) atoms. The molecule has 0 unspecified atom stereocenters. The van der Waals surface area contributed by atoms with E-state index in [1.807, 2.05) is 34.6 Å². The Balaban J connectivity index is 4.62. The Bertz CT molecular complexity index is 569. The van der Waals surface area contributed by atoms with E-state index in [0.29, 0.717) is 45.4 Å². The summed E-state index contributed by atoms with van der Waals surface area (Å²) >= 11 is 0. The van der Waals surface area contributed by atoms with E-state index in [4.69, 9.17) is 16.2 Å². The average molecular weight is 427 g/mol. The lowest BCUT2D eigenvalue weighted by Gasteiger charge is -2.31. The van der Waals surface area contributed by atoms with Gasteiger partial charge in [0.1, 0.15) is 6.61 Å². The van der Waals surface area contributed by atoms with Crippen molar-refractivity contribution in [2.45, 2.75) is 65.8 Å². The Hall–Kier alpha value is -1.93. The standard InChI is InChI=1S/C22H42N4O4/c1-7-16-30-20(29)21(3,4)10-11-22(5,6)25-19(28)17(2)8-9-18(27)26(14-12-23)15-13-24/h7,17H,1,8-16,23-24H2,2-6H3,(H,25,28)/t17-/m0/s1. The minimum Gasteiger partial charge on any atom is -0.461 e. The Morgan fingerprint density at radius 3 is 2.17 bits per heavy atom. The molecule has 8 heteroatoms. The zero-order valence-corrected chi connectivity index (χ0v) is 19.5. The number of nitrogens with one attached hydrogen (secondary N) is 1. The van der Waals surface area contributed by atoms with Gasteiger partial charge in [-0.25, -0.2) is 0 Å². The first-order valence-corrected chi connectivity index (χ1v) is 10.7. The Kier molecular flexibility index (Phi) is 12.5. The summed E-state index contributed by atoms with van der Waals surface area (Å²) in [6, 6.07) is 0. The lowest BCUT2D eigenvalue weighted by molar-refractivity contribution is -0.153. The van der Waals surface area contributed by atoms with E-state index in [1.165, 1.54) is 6.08 Å². The fourth-order valence-corrected chi connectivity index (χ4v) is 2.88. The Labute approximate surface area is 181 Å². The Morgan fingerprint density at radius 2 is 1.67 bits per heavy atom. The molecule has 0 fully saturated rings. The van der Waals surface area contributed by atoms with Gasteiger partial charge in [-0.05, 0) is 47.0 Å². The van der Waals surface area contributed by atoms with Crippen molar-refractivity contribution in [1.29, 1.82) is 0 Å². The highest BCUT2D eigenvalue weighted by Gasteiger charge is 2.33.